The lowest BCUT2D eigenvalue weighted by molar-refractivity contribution is 0.134. The normalized spacial score (nSPS) is 32.5. The lowest BCUT2D eigenvalue weighted by Crippen LogP contribution is -2.44. The Bertz CT molecular complexity index is 236. The van der Waals surface area contributed by atoms with Crippen LogP contribution in [0.4, 0.5) is 0 Å². The van der Waals surface area contributed by atoms with Crippen molar-refractivity contribution in [2.75, 3.05) is 26.2 Å². The summed E-state index contributed by atoms with van der Waals surface area (Å²) < 4.78 is 0. The predicted molar refractivity (Wildman–Crippen MR) is 71.1 cm³/mol. The Balaban J connectivity index is 1.87. The fraction of sp³-hybridized carbons (Fsp3) is 1.00. The van der Waals surface area contributed by atoms with E-state index in [1.165, 1.54) is 38.6 Å². The topological polar surface area (TPSA) is 35.5 Å². The highest BCUT2D eigenvalue weighted by Crippen LogP contribution is 2.39. The Morgan fingerprint density at radius 1 is 1.35 bits per heavy atom. The van der Waals surface area contributed by atoms with Crippen molar-refractivity contribution in [2.24, 2.45) is 5.41 Å². The van der Waals surface area contributed by atoms with Gasteiger partial charge in [0.05, 0.1) is 6.61 Å². The molecule has 1 aliphatic carbocycles. The fourth-order valence-electron chi connectivity index (χ4n) is 3.46. The van der Waals surface area contributed by atoms with Crippen LogP contribution in [0.3, 0.4) is 0 Å². The zero-order valence-electron chi connectivity index (χ0n) is 11.4. The molecule has 17 heavy (non-hydrogen) atoms. The molecule has 1 saturated heterocycles. The third-order valence-electron chi connectivity index (χ3n) is 4.46. The second kappa shape index (κ2) is 5.68. The van der Waals surface area contributed by atoms with Crippen LogP contribution >= 0.6 is 0 Å². The maximum absolute atomic E-state index is 9.24. The number of nitrogens with zero attached hydrogens (tertiary/aromatic N) is 1. The van der Waals surface area contributed by atoms with Gasteiger partial charge in [0.1, 0.15) is 0 Å². The summed E-state index contributed by atoms with van der Waals surface area (Å²) >= 11 is 0. The minimum absolute atomic E-state index is 0.295. The third-order valence-corrected chi connectivity index (χ3v) is 4.46. The molecule has 1 saturated carbocycles. The van der Waals surface area contributed by atoms with Gasteiger partial charge in [-0.25, -0.2) is 0 Å². The molecule has 2 aliphatic rings. The van der Waals surface area contributed by atoms with E-state index in [1.807, 2.05) is 0 Å². The van der Waals surface area contributed by atoms with E-state index in [0.717, 1.165) is 13.1 Å². The number of nitrogens with one attached hydrogen (secondary N) is 1. The van der Waals surface area contributed by atoms with Crippen LogP contribution in [0.5, 0.6) is 0 Å². The molecule has 3 nitrogen and oxygen atoms in total. The molecule has 2 rings (SSSR count). The molecule has 0 amide bonds. The molecule has 100 valence electrons. The fourth-order valence-corrected chi connectivity index (χ4v) is 3.46. The van der Waals surface area contributed by atoms with Crippen LogP contribution in [0, 0.1) is 5.41 Å². The van der Waals surface area contributed by atoms with E-state index in [2.05, 4.69) is 24.1 Å². The van der Waals surface area contributed by atoms with Crippen LogP contribution in [0.25, 0.3) is 0 Å². The number of aliphatic hydroxyl groups is 1. The summed E-state index contributed by atoms with van der Waals surface area (Å²) in [5.41, 5.74) is 0.501. The van der Waals surface area contributed by atoms with Crippen molar-refractivity contribution in [3.05, 3.63) is 0 Å². The Morgan fingerprint density at radius 2 is 2.18 bits per heavy atom. The highest BCUT2D eigenvalue weighted by atomic mass is 16.3. The first-order valence-corrected chi connectivity index (χ1v) is 7.19. The molecule has 2 atom stereocenters. The van der Waals surface area contributed by atoms with E-state index in [0.29, 0.717) is 24.1 Å². The molecular weight excluding hydrogens is 212 g/mol. The monoisotopic (exact) mass is 240 g/mol. The largest absolute Gasteiger partial charge is 0.395 e. The summed E-state index contributed by atoms with van der Waals surface area (Å²) in [5.74, 6) is 0. The number of aliphatic hydroxyl groups excluding tert-OH is 1. The van der Waals surface area contributed by atoms with Crippen LogP contribution in [0.1, 0.15) is 46.0 Å². The summed E-state index contributed by atoms with van der Waals surface area (Å²) in [4.78, 5) is 2.53. The maximum atomic E-state index is 9.24. The first kappa shape index (κ1) is 13.3. The smallest absolute Gasteiger partial charge is 0.0558 e. The van der Waals surface area contributed by atoms with Crippen molar-refractivity contribution in [1.82, 2.24) is 10.2 Å². The van der Waals surface area contributed by atoms with Crippen molar-refractivity contribution in [3.63, 3.8) is 0 Å². The van der Waals surface area contributed by atoms with Gasteiger partial charge in [-0.2, -0.15) is 0 Å². The number of rotatable bonds is 5. The summed E-state index contributed by atoms with van der Waals surface area (Å²) in [6.07, 6.45) is 6.54. The molecule has 2 fully saturated rings. The van der Waals surface area contributed by atoms with Crippen LogP contribution < -0.4 is 5.32 Å². The highest BCUT2D eigenvalue weighted by Gasteiger charge is 2.34. The minimum atomic E-state index is 0.295. The molecule has 1 aliphatic heterocycles. The Morgan fingerprint density at radius 3 is 2.71 bits per heavy atom. The second-order valence-electron chi connectivity index (χ2n) is 6.57. The van der Waals surface area contributed by atoms with Crippen molar-refractivity contribution < 1.29 is 5.11 Å². The molecule has 0 aromatic heterocycles. The average molecular weight is 240 g/mol. The van der Waals surface area contributed by atoms with Crippen molar-refractivity contribution in [2.45, 2.75) is 58.0 Å². The van der Waals surface area contributed by atoms with Crippen molar-refractivity contribution >= 4 is 0 Å². The molecule has 1 heterocycles. The molecule has 0 spiro atoms. The second-order valence-corrected chi connectivity index (χ2v) is 6.57. The van der Waals surface area contributed by atoms with Crippen molar-refractivity contribution in [1.29, 1.82) is 0 Å². The summed E-state index contributed by atoms with van der Waals surface area (Å²) in [5, 5.41) is 12.8. The predicted octanol–water partition coefficient (Wildman–Crippen LogP) is 1.61. The van der Waals surface area contributed by atoms with Crippen LogP contribution in [-0.2, 0) is 0 Å². The quantitative estimate of drug-likeness (QED) is 0.766. The number of hydrogen-bond acceptors (Lipinski definition) is 3. The zero-order chi connectivity index (χ0) is 12.3. The van der Waals surface area contributed by atoms with Gasteiger partial charge < -0.3 is 10.4 Å². The zero-order valence-corrected chi connectivity index (χ0v) is 11.4. The lowest BCUT2D eigenvalue weighted by atomic mass is 9.91. The van der Waals surface area contributed by atoms with E-state index in [-0.39, 0.29) is 0 Å². The molecule has 0 radical (unpaired) electrons. The van der Waals surface area contributed by atoms with Gasteiger partial charge >= 0.3 is 0 Å². The Kier molecular flexibility index (Phi) is 4.45. The van der Waals surface area contributed by atoms with Gasteiger partial charge in [0.15, 0.2) is 0 Å². The highest BCUT2D eigenvalue weighted by molar-refractivity contribution is 4.90. The molecule has 0 aromatic rings. The van der Waals surface area contributed by atoms with Gasteiger partial charge in [-0.05, 0) is 44.1 Å². The maximum Gasteiger partial charge on any atom is 0.0558 e. The lowest BCUT2D eigenvalue weighted by Gasteiger charge is -2.31. The average Bonchev–Trinajstić information content (AvgIpc) is 2.87. The Hall–Kier alpha value is -0.120. The van der Waals surface area contributed by atoms with E-state index >= 15 is 0 Å². The Labute approximate surface area is 106 Å². The van der Waals surface area contributed by atoms with Gasteiger partial charge in [-0.1, -0.05) is 13.8 Å². The SMILES string of the molecule is CC1(C)CCC(N(CCO)CC2CCCN2)C1. The van der Waals surface area contributed by atoms with Gasteiger partial charge in [-0.3, -0.25) is 4.90 Å². The molecular formula is C14H28N2O. The first-order valence-electron chi connectivity index (χ1n) is 7.19. The first-order chi connectivity index (χ1) is 8.11. The molecule has 2 unspecified atom stereocenters. The number of hydrogen-bond donors (Lipinski definition) is 2. The minimum Gasteiger partial charge on any atom is -0.395 e. The molecule has 0 aromatic carbocycles. The third kappa shape index (κ3) is 3.67. The summed E-state index contributed by atoms with van der Waals surface area (Å²) in [6.45, 7) is 8.19. The molecule has 0 bridgehead atoms. The van der Waals surface area contributed by atoms with E-state index in [4.69, 9.17) is 0 Å². The van der Waals surface area contributed by atoms with Gasteiger partial charge in [-0.15, -0.1) is 0 Å². The summed E-state index contributed by atoms with van der Waals surface area (Å²) in [7, 11) is 0. The molecule has 3 heteroatoms. The van der Waals surface area contributed by atoms with Gasteiger partial charge in [0.2, 0.25) is 0 Å². The van der Waals surface area contributed by atoms with Crippen LogP contribution in [-0.4, -0.2) is 48.3 Å². The van der Waals surface area contributed by atoms with Crippen LogP contribution in [0.15, 0.2) is 0 Å². The standard InChI is InChI=1S/C14H28N2O/c1-14(2)6-5-13(10-14)16(8-9-17)11-12-4-3-7-15-12/h12-13,15,17H,3-11H2,1-2H3. The van der Waals surface area contributed by atoms with Crippen molar-refractivity contribution in [3.8, 4) is 0 Å². The van der Waals surface area contributed by atoms with Crippen LogP contribution in [0.2, 0.25) is 0 Å². The van der Waals surface area contributed by atoms with Gasteiger partial charge in [0, 0.05) is 25.2 Å². The summed E-state index contributed by atoms with van der Waals surface area (Å²) in [6, 6.07) is 1.35. The van der Waals surface area contributed by atoms with Gasteiger partial charge in [0.25, 0.3) is 0 Å². The molecule has 2 N–H and O–H groups in total. The van der Waals surface area contributed by atoms with E-state index < -0.39 is 0 Å². The van der Waals surface area contributed by atoms with E-state index in [1.54, 1.807) is 0 Å². The van der Waals surface area contributed by atoms with E-state index in [9.17, 15) is 5.11 Å².